The molecule has 2 heterocycles. The van der Waals surface area contributed by atoms with Crippen molar-refractivity contribution in [3.05, 3.63) is 40.9 Å². The Morgan fingerprint density at radius 2 is 1.96 bits per heavy atom. The van der Waals surface area contributed by atoms with E-state index in [1.54, 1.807) is 12.5 Å². The Labute approximate surface area is 139 Å². The molecule has 0 unspecified atom stereocenters. The third-order valence-electron chi connectivity index (χ3n) is 4.11. The van der Waals surface area contributed by atoms with Crippen LogP contribution in [0.2, 0.25) is 0 Å². The molecule has 23 heavy (non-hydrogen) atoms. The molecular weight excluding hydrogens is 312 g/mol. The van der Waals surface area contributed by atoms with E-state index in [9.17, 15) is 4.79 Å². The Morgan fingerprint density at radius 3 is 2.57 bits per heavy atom. The van der Waals surface area contributed by atoms with Crippen LogP contribution in [0.1, 0.15) is 16.1 Å². The van der Waals surface area contributed by atoms with Gasteiger partial charge in [0, 0.05) is 38.1 Å². The molecule has 0 saturated carbocycles. The van der Waals surface area contributed by atoms with Crippen molar-refractivity contribution in [2.45, 2.75) is 6.42 Å². The number of rotatable bonds is 5. The number of carbonyl (C=O) groups is 1. The Balaban J connectivity index is 1.44. The average Bonchev–Trinajstić information content (AvgIpc) is 3.15. The molecule has 1 aliphatic rings. The first-order valence-corrected chi connectivity index (χ1v) is 8.51. The molecule has 1 amide bonds. The minimum absolute atomic E-state index is 0.00597. The topological polar surface area (TPSA) is 58.6 Å². The molecule has 0 atom stereocenters. The second-order valence-corrected chi connectivity index (χ2v) is 6.13. The van der Waals surface area contributed by atoms with Crippen LogP contribution in [0.3, 0.4) is 0 Å². The van der Waals surface area contributed by atoms with Crippen molar-refractivity contribution in [1.82, 2.24) is 19.4 Å². The van der Waals surface area contributed by atoms with Crippen molar-refractivity contribution in [1.29, 1.82) is 0 Å². The molecule has 0 spiro atoms. The highest BCUT2D eigenvalue weighted by Crippen LogP contribution is 2.13. The molecule has 122 valence electrons. The van der Waals surface area contributed by atoms with Gasteiger partial charge in [-0.3, -0.25) is 9.69 Å². The van der Waals surface area contributed by atoms with Crippen LogP contribution >= 0.6 is 11.5 Å². The van der Waals surface area contributed by atoms with Crippen LogP contribution in [-0.4, -0.2) is 65.1 Å². The summed E-state index contributed by atoms with van der Waals surface area (Å²) in [6, 6.07) is 8.20. The lowest BCUT2D eigenvalue weighted by atomic mass is 10.1. The largest absolute Gasteiger partial charge is 0.497 e. The Bertz CT molecular complexity index is 622. The molecule has 1 fully saturated rings. The Morgan fingerprint density at radius 1 is 1.22 bits per heavy atom. The van der Waals surface area contributed by atoms with Gasteiger partial charge in [-0.15, -0.1) is 5.10 Å². The van der Waals surface area contributed by atoms with E-state index in [1.807, 2.05) is 17.0 Å². The van der Waals surface area contributed by atoms with Gasteiger partial charge in [0.25, 0.3) is 5.91 Å². The molecule has 0 aliphatic carbocycles. The van der Waals surface area contributed by atoms with Crippen LogP contribution in [0.5, 0.6) is 5.75 Å². The molecule has 3 rings (SSSR count). The molecule has 1 aliphatic heterocycles. The molecule has 2 aromatic rings. The monoisotopic (exact) mass is 332 g/mol. The maximum Gasteiger partial charge on any atom is 0.275 e. The van der Waals surface area contributed by atoms with E-state index in [2.05, 4.69) is 26.6 Å². The number of nitrogens with zero attached hydrogens (tertiary/aromatic N) is 4. The zero-order valence-corrected chi connectivity index (χ0v) is 14.0. The average molecular weight is 332 g/mol. The molecule has 0 N–H and O–H groups in total. The fraction of sp³-hybridized carbons (Fsp3) is 0.438. The number of aromatic nitrogens is 2. The molecule has 7 heteroatoms. The molecule has 0 bridgehead atoms. The SMILES string of the molecule is COc1ccc(CCN2CCN(C(=O)c3csnn3)CC2)cc1. The quantitative estimate of drug-likeness (QED) is 0.831. The highest BCUT2D eigenvalue weighted by Gasteiger charge is 2.23. The summed E-state index contributed by atoms with van der Waals surface area (Å²) in [4.78, 5) is 16.5. The maximum absolute atomic E-state index is 12.2. The minimum Gasteiger partial charge on any atom is -0.497 e. The summed E-state index contributed by atoms with van der Waals surface area (Å²) < 4.78 is 8.92. The number of carbonyl (C=O) groups excluding carboxylic acids is 1. The summed E-state index contributed by atoms with van der Waals surface area (Å²) in [5.74, 6) is 0.881. The van der Waals surface area contributed by atoms with E-state index in [4.69, 9.17) is 4.74 Å². The Kier molecular flexibility index (Phi) is 5.19. The standard InChI is InChI=1S/C16H20N4O2S/c1-22-14-4-2-13(3-5-14)6-7-19-8-10-20(11-9-19)16(21)15-12-23-18-17-15/h2-5,12H,6-11H2,1H3. The predicted octanol–water partition coefficient (Wildman–Crippen LogP) is 1.55. The van der Waals surface area contributed by atoms with Gasteiger partial charge < -0.3 is 9.64 Å². The fourth-order valence-electron chi connectivity index (χ4n) is 2.67. The van der Waals surface area contributed by atoms with Crippen LogP contribution < -0.4 is 4.74 Å². The van der Waals surface area contributed by atoms with Gasteiger partial charge in [-0.2, -0.15) is 0 Å². The third kappa shape index (κ3) is 4.05. The van der Waals surface area contributed by atoms with Crippen molar-refractivity contribution in [2.24, 2.45) is 0 Å². The number of amides is 1. The predicted molar refractivity (Wildman–Crippen MR) is 89.0 cm³/mol. The van der Waals surface area contributed by atoms with Crippen LogP contribution in [0.4, 0.5) is 0 Å². The Hall–Kier alpha value is -1.99. The van der Waals surface area contributed by atoms with Gasteiger partial charge in [0.1, 0.15) is 5.75 Å². The smallest absolute Gasteiger partial charge is 0.275 e. The first-order chi connectivity index (χ1) is 11.3. The first kappa shape index (κ1) is 15.9. The van der Waals surface area contributed by atoms with Gasteiger partial charge in [0.15, 0.2) is 5.69 Å². The lowest BCUT2D eigenvalue weighted by molar-refractivity contribution is 0.0633. The van der Waals surface area contributed by atoms with Gasteiger partial charge in [0.05, 0.1) is 7.11 Å². The third-order valence-corrected chi connectivity index (χ3v) is 4.62. The van der Waals surface area contributed by atoms with Crippen molar-refractivity contribution >= 4 is 17.4 Å². The van der Waals surface area contributed by atoms with Gasteiger partial charge in [-0.05, 0) is 35.6 Å². The molecule has 1 aromatic heterocycles. The summed E-state index contributed by atoms with van der Waals surface area (Å²) in [5.41, 5.74) is 1.76. The van der Waals surface area contributed by atoms with E-state index in [0.29, 0.717) is 5.69 Å². The number of piperazine rings is 1. The van der Waals surface area contributed by atoms with Crippen molar-refractivity contribution in [3.63, 3.8) is 0 Å². The lowest BCUT2D eigenvalue weighted by Crippen LogP contribution is -2.49. The van der Waals surface area contributed by atoms with E-state index < -0.39 is 0 Å². The number of hydrogen-bond acceptors (Lipinski definition) is 6. The first-order valence-electron chi connectivity index (χ1n) is 7.68. The second-order valence-electron chi connectivity index (χ2n) is 5.52. The number of hydrogen-bond donors (Lipinski definition) is 0. The van der Waals surface area contributed by atoms with E-state index in [-0.39, 0.29) is 5.91 Å². The summed E-state index contributed by atoms with van der Waals surface area (Å²) in [5, 5.41) is 5.56. The van der Waals surface area contributed by atoms with E-state index >= 15 is 0 Å². The summed E-state index contributed by atoms with van der Waals surface area (Å²) in [6.07, 6.45) is 1.01. The summed E-state index contributed by atoms with van der Waals surface area (Å²) >= 11 is 1.21. The van der Waals surface area contributed by atoms with Crippen molar-refractivity contribution in [3.8, 4) is 5.75 Å². The maximum atomic E-state index is 12.2. The minimum atomic E-state index is -0.00597. The molecule has 1 saturated heterocycles. The van der Waals surface area contributed by atoms with Gasteiger partial charge >= 0.3 is 0 Å². The molecule has 1 aromatic carbocycles. The molecule has 6 nitrogen and oxygen atoms in total. The number of benzene rings is 1. The second kappa shape index (κ2) is 7.52. The van der Waals surface area contributed by atoms with E-state index in [1.165, 1.54) is 17.1 Å². The lowest BCUT2D eigenvalue weighted by Gasteiger charge is -2.34. The normalized spacial score (nSPS) is 15.6. The highest BCUT2D eigenvalue weighted by atomic mass is 32.1. The van der Waals surface area contributed by atoms with Gasteiger partial charge in [-0.1, -0.05) is 16.6 Å². The molecular formula is C16H20N4O2S. The van der Waals surface area contributed by atoms with Crippen LogP contribution in [0.15, 0.2) is 29.6 Å². The molecule has 0 radical (unpaired) electrons. The van der Waals surface area contributed by atoms with Crippen LogP contribution in [-0.2, 0) is 6.42 Å². The zero-order chi connectivity index (χ0) is 16.1. The highest BCUT2D eigenvalue weighted by molar-refractivity contribution is 7.03. The number of methoxy groups -OCH3 is 1. The summed E-state index contributed by atoms with van der Waals surface area (Å²) in [6.45, 7) is 4.31. The van der Waals surface area contributed by atoms with E-state index in [0.717, 1.165) is 44.9 Å². The van der Waals surface area contributed by atoms with Gasteiger partial charge in [-0.25, -0.2) is 0 Å². The van der Waals surface area contributed by atoms with Crippen LogP contribution in [0, 0.1) is 0 Å². The van der Waals surface area contributed by atoms with Gasteiger partial charge in [0.2, 0.25) is 0 Å². The number of ether oxygens (including phenoxy) is 1. The zero-order valence-electron chi connectivity index (χ0n) is 13.1. The van der Waals surface area contributed by atoms with Crippen molar-refractivity contribution < 1.29 is 9.53 Å². The summed E-state index contributed by atoms with van der Waals surface area (Å²) in [7, 11) is 1.68. The fourth-order valence-corrected chi connectivity index (χ4v) is 3.10. The van der Waals surface area contributed by atoms with Crippen LogP contribution in [0.25, 0.3) is 0 Å². The van der Waals surface area contributed by atoms with Crippen molar-refractivity contribution in [2.75, 3.05) is 39.8 Å².